The SMILES string of the molecule is CCCc1cc(O)c2c(c1C(=O)O)OC(C)(CCC=C(C)C)C=C2. The van der Waals surface area contributed by atoms with Crippen LogP contribution in [0.15, 0.2) is 23.8 Å². The highest BCUT2D eigenvalue weighted by Gasteiger charge is 2.32. The Kier molecular flexibility index (Phi) is 5.37. The van der Waals surface area contributed by atoms with E-state index in [4.69, 9.17) is 4.74 Å². The van der Waals surface area contributed by atoms with Gasteiger partial charge in [-0.1, -0.05) is 25.0 Å². The van der Waals surface area contributed by atoms with E-state index in [-0.39, 0.29) is 17.1 Å². The number of aromatic carboxylic acids is 1. The van der Waals surface area contributed by atoms with E-state index >= 15 is 0 Å². The molecule has 2 N–H and O–H groups in total. The Morgan fingerprint density at radius 3 is 2.67 bits per heavy atom. The van der Waals surface area contributed by atoms with Crippen molar-refractivity contribution in [2.75, 3.05) is 0 Å². The molecule has 1 aliphatic rings. The lowest BCUT2D eigenvalue weighted by Gasteiger charge is -2.33. The van der Waals surface area contributed by atoms with Crippen LogP contribution in [-0.4, -0.2) is 21.8 Å². The number of phenols is 1. The molecule has 1 aromatic rings. The lowest BCUT2D eigenvalue weighted by molar-refractivity contribution is 0.0678. The number of hydrogen-bond acceptors (Lipinski definition) is 3. The highest BCUT2D eigenvalue weighted by atomic mass is 16.5. The molecular weight excluding hydrogens is 304 g/mol. The molecule has 0 amide bonds. The zero-order valence-electron chi connectivity index (χ0n) is 14.8. The number of phenolic OH excluding ortho intramolecular Hbond substituents is 1. The van der Waals surface area contributed by atoms with Crippen molar-refractivity contribution in [3.8, 4) is 11.5 Å². The number of hydrogen-bond donors (Lipinski definition) is 2. The summed E-state index contributed by atoms with van der Waals surface area (Å²) in [4.78, 5) is 11.8. The molecular formula is C20H26O4. The zero-order chi connectivity index (χ0) is 17.9. The van der Waals surface area contributed by atoms with Gasteiger partial charge in [0.2, 0.25) is 0 Å². The Balaban J connectivity index is 2.44. The molecule has 0 fully saturated rings. The summed E-state index contributed by atoms with van der Waals surface area (Å²) in [5.41, 5.74) is 1.89. The molecule has 0 saturated heterocycles. The first-order valence-corrected chi connectivity index (χ1v) is 8.41. The normalized spacial score (nSPS) is 18.7. The lowest BCUT2D eigenvalue weighted by atomic mass is 9.91. The van der Waals surface area contributed by atoms with Crippen LogP contribution in [0.25, 0.3) is 6.08 Å². The standard InChI is InChI=1S/C20H26O4/c1-5-7-14-12-16(21)15-9-11-20(4,10-6-8-13(2)3)24-18(15)17(14)19(22)23/h8-9,11-12,21H,5-7,10H2,1-4H3,(H,22,23). The van der Waals surface area contributed by atoms with Crippen molar-refractivity contribution < 1.29 is 19.7 Å². The number of carboxylic acid groups (broad SMARTS) is 1. The Morgan fingerprint density at radius 2 is 2.08 bits per heavy atom. The molecule has 0 saturated carbocycles. The van der Waals surface area contributed by atoms with Crippen LogP contribution in [0.3, 0.4) is 0 Å². The number of rotatable bonds is 6. The molecule has 1 aromatic carbocycles. The van der Waals surface area contributed by atoms with Crippen LogP contribution in [0.1, 0.15) is 68.4 Å². The maximum atomic E-state index is 11.8. The number of aryl methyl sites for hydroxylation is 1. The van der Waals surface area contributed by atoms with Gasteiger partial charge in [0, 0.05) is 0 Å². The summed E-state index contributed by atoms with van der Waals surface area (Å²) in [6, 6.07) is 1.55. The molecule has 0 radical (unpaired) electrons. The van der Waals surface area contributed by atoms with Gasteiger partial charge in [-0.2, -0.15) is 0 Å². The lowest BCUT2D eigenvalue weighted by Crippen LogP contribution is -2.32. The number of carbonyl (C=O) groups is 1. The smallest absolute Gasteiger partial charge is 0.339 e. The Bertz CT molecular complexity index is 696. The molecule has 4 heteroatoms. The van der Waals surface area contributed by atoms with E-state index in [9.17, 15) is 15.0 Å². The van der Waals surface area contributed by atoms with Crippen LogP contribution in [0.2, 0.25) is 0 Å². The first-order valence-electron chi connectivity index (χ1n) is 8.41. The van der Waals surface area contributed by atoms with Crippen molar-refractivity contribution in [3.63, 3.8) is 0 Å². The maximum absolute atomic E-state index is 11.8. The third-order valence-corrected chi connectivity index (χ3v) is 4.24. The molecule has 1 heterocycles. The molecule has 1 aliphatic heterocycles. The summed E-state index contributed by atoms with van der Waals surface area (Å²) in [6.07, 6.45) is 8.79. The van der Waals surface area contributed by atoms with Crippen molar-refractivity contribution in [3.05, 3.63) is 40.5 Å². The van der Waals surface area contributed by atoms with Crippen LogP contribution in [0.5, 0.6) is 11.5 Å². The average Bonchev–Trinajstić information content (AvgIpc) is 2.46. The van der Waals surface area contributed by atoms with E-state index in [2.05, 4.69) is 6.08 Å². The van der Waals surface area contributed by atoms with Gasteiger partial charge >= 0.3 is 5.97 Å². The molecule has 0 aliphatic carbocycles. The first-order chi connectivity index (χ1) is 11.3. The molecule has 0 bridgehead atoms. The van der Waals surface area contributed by atoms with E-state index in [0.717, 1.165) is 19.3 Å². The van der Waals surface area contributed by atoms with Gasteiger partial charge in [0.15, 0.2) is 0 Å². The quantitative estimate of drug-likeness (QED) is 0.724. The van der Waals surface area contributed by atoms with Crippen molar-refractivity contribution in [2.45, 2.75) is 59.0 Å². The van der Waals surface area contributed by atoms with E-state index < -0.39 is 11.6 Å². The van der Waals surface area contributed by atoms with Gasteiger partial charge in [-0.05, 0) is 63.8 Å². The maximum Gasteiger partial charge on any atom is 0.339 e. The highest BCUT2D eigenvalue weighted by Crippen LogP contribution is 2.42. The molecule has 0 aromatic heterocycles. The van der Waals surface area contributed by atoms with Crippen LogP contribution < -0.4 is 4.74 Å². The van der Waals surface area contributed by atoms with E-state index in [1.807, 2.05) is 33.8 Å². The zero-order valence-corrected chi connectivity index (χ0v) is 14.8. The number of aromatic hydroxyl groups is 1. The Hall–Kier alpha value is -2.23. The largest absolute Gasteiger partial charge is 0.507 e. The minimum atomic E-state index is -1.02. The van der Waals surface area contributed by atoms with Crippen LogP contribution in [0, 0.1) is 0 Å². The average molecular weight is 330 g/mol. The summed E-state index contributed by atoms with van der Waals surface area (Å²) >= 11 is 0. The summed E-state index contributed by atoms with van der Waals surface area (Å²) in [5, 5.41) is 19.9. The number of carboxylic acids is 1. The van der Waals surface area contributed by atoms with Crippen LogP contribution in [0.4, 0.5) is 0 Å². The van der Waals surface area contributed by atoms with Gasteiger partial charge in [0.05, 0.1) is 5.56 Å². The van der Waals surface area contributed by atoms with Crippen LogP contribution in [-0.2, 0) is 6.42 Å². The van der Waals surface area contributed by atoms with Crippen LogP contribution >= 0.6 is 0 Å². The topological polar surface area (TPSA) is 66.8 Å². The molecule has 2 rings (SSSR count). The fourth-order valence-corrected chi connectivity index (χ4v) is 2.99. The molecule has 24 heavy (non-hydrogen) atoms. The predicted octanol–water partition coefficient (Wildman–Crippen LogP) is 4.95. The Labute approximate surface area is 143 Å². The van der Waals surface area contributed by atoms with E-state index in [1.165, 1.54) is 5.57 Å². The van der Waals surface area contributed by atoms with Crippen molar-refractivity contribution in [1.29, 1.82) is 0 Å². The molecule has 4 nitrogen and oxygen atoms in total. The minimum Gasteiger partial charge on any atom is -0.507 e. The third kappa shape index (κ3) is 3.81. The number of allylic oxidation sites excluding steroid dienone is 2. The Morgan fingerprint density at radius 1 is 1.38 bits per heavy atom. The third-order valence-electron chi connectivity index (χ3n) is 4.24. The molecule has 1 unspecified atom stereocenters. The second-order valence-corrected chi connectivity index (χ2v) is 6.80. The summed E-state index contributed by atoms with van der Waals surface area (Å²) in [7, 11) is 0. The molecule has 1 atom stereocenters. The summed E-state index contributed by atoms with van der Waals surface area (Å²) in [5.74, 6) is -0.661. The number of fused-ring (bicyclic) bond motifs is 1. The second kappa shape index (κ2) is 7.12. The van der Waals surface area contributed by atoms with Gasteiger partial charge in [0.1, 0.15) is 22.7 Å². The van der Waals surface area contributed by atoms with Gasteiger partial charge in [-0.15, -0.1) is 0 Å². The summed E-state index contributed by atoms with van der Waals surface area (Å²) in [6.45, 7) is 8.02. The van der Waals surface area contributed by atoms with Crippen molar-refractivity contribution in [2.24, 2.45) is 0 Å². The van der Waals surface area contributed by atoms with Crippen molar-refractivity contribution >= 4 is 12.0 Å². The van der Waals surface area contributed by atoms with E-state index in [0.29, 0.717) is 17.5 Å². The highest BCUT2D eigenvalue weighted by molar-refractivity contribution is 5.95. The monoisotopic (exact) mass is 330 g/mol. The minimum absolute atomic E-state index is 0.0704. The van der Waals surface area contributed by atoms with Gasteiger partial charge < -0.3 is 14.9 Å². The number of ether oxygens (including phenoxy) is 1. The fourth-order valence-electron chi connectivity index (χ4n) is 2.99. The molecule has 0 spiro atoms. The second-order valence-electron chi connectivity index (χ2n) is 6.80. The van der Waals surface area contributed by atoms with Gasteiger partial charge in [0.25, 0.3) is 0 Å². The van der Waals surface area contributed by atoms with Gasteiger partial charge in [-0.25, -0.2) is 4.79 Å². The number of benzene rings is 1. The van der Waals surface area contributed by atoms with Gasteiger partial charge in [-0.3, -0.25) is 0 Å². The summed E-state index contributed by atoms with van der Waals surface area (Å²) < 4.78 is 6.10. The van der Waals surface area contributed by atoms with E-state index in [1.54, 1.807) is 12.1 Å². The first kappa shape index (κ1) is 18.1. The fraction of sp³-hybridized carbons (Fsp3) is 0.450. The van der Waals surface area contributed by atoms with Crippen molar-refractivity contribution in [1.82, 2.24) is 0 Å². The predicted molar refractivity (Wildman–Crippen MR) is 95.8 cm³/mol. The molecule has 130 valence electrons.